The fourth-order valence-electron chi connectivity index (χ4n) is 1.67. The smallest absolute Gasteiger partial charge is 0.233 e. The molecule has 0 bridgehead atoms. The van der Waals surface area contributed by atoms with Gasteiger partial charge < -0.3 is 0 Å². The summed E-state index contributed by atoms with van der Waals surface area (Å²) in [7, 11) is 0. The molecule has 0 heterocycles. The van der Waals surface area contributed by atoms with Gasteiger partial charge in [-0.1, -0.05) is 30.3 Å². The first-order valence-electron chi connectivity index (χ1n) is 7.51. The maximum Gasteiger partial charge on any atom is 0.256 e. The number of hydrogen-bond acceptors (Lipinski definition) is 4. The lowest BCUT2D eigenvalue weighted by molar-refractivity contribution is -0.515. The molecule has 0 saturated heterocycles. The number of unbranched alkanes of at least 4 members (excludes halogenated alkanes) is 2. The van der Waals surface area contributed by atoms with Crippen molar-refractivity contribution in [2.24, 2.45) is 0 Å². The number of rotatable bonds is 13. The summed E-state index contributed by atoms with van der Waals surface area (Å²) in [6.07, 6.45) is 3.40. The van der Waals surface area contributed by atoms with Crippen LogP contribution in [0.3, 0.4) is 0 Å². The Hall–Kier alpha value is -0.360. The Balaban J connectivity index is 2.49. The molecule has 0 fully saturated rings. The average molecular weight is 351 g/mol. The maximum atomic E-state index is 5.63. The minimum atomic E-state index is -1.12. The molecule has 0 saturated carbocycles. The normalized spacial score (nSPS) is 11.8. The van der Waals surface area contributed by atoms with Gasteiger partial charge in [-0.25, -0.2) is 9.78 Å². The Labute approximate surface area is 142 Å². The number of halogens is 2. The van der Waals surface area contributed by atoms with Crippen molar-refractivity contribution in [1.82, 2.24) is 0 Å². The van der Waals surface area contributed by atoms with Crippen LogP contribution in [0.2, 0.25) is 0 Å². The monoisotopic (exact) mass is 350 g/mol. The Bertz CT molecular complexity index is 362. The standard InChI is InChI=1S/C16H24Cl2O4/c1-16(15-9-3-2-4-10-15,21-19-13-7-5-11-17)22-20-14-8-6-12-18/h2-4,9-10H,5-8,11-14H2,1H3. The molecular weight excluding hydrogens is 327 g/mol. The summed E-state index contributed by atoms with van der Waals surface area (Å²) < 4.78 is 0. The van der Waals surface area contributed by atoms with Crippen molar-refractivity contribution in [3.05, 3.63) is 35.9 Å². The van der Waals surface area contributed by atoms with Crippen LogP contribution in [0.25, 0.3) is 0 Å². The van der Waals surface area contributed by atoms with Crippen LogP contribution in [0.15, 0.2) is 30.3 Å². The van der Waals surface area contributed by atoms with Crippen molar-refractivity contribution in [2.75, 3.05) is 25.0 Å². The van der Waals surface area contributed by atoms with Crippen molar-refractivity contribution < 1.29 is 19.6 Å². The van der Waals surface area contributed by atoms with Gasteiger partial charge in [-0.15, -0.1) is 23.2 Å². The van der Waals surface area contributed by atoms with Gasteiger partial charge in [0, 0.05) is 17.3 Å². The highest BCUT2D eigenvalue weighted by atomic mass is 35.5. The number of alkyl halides is 2. The Kier molecular flexibility index (Phi) is 10.8. The van der Waals surface area contributed by atoms with Crippen LogP contribution in [0.1, 0.15) is 38.2 Å². The van der Waals surface area contributed by atoms with Gasteiger partial charge in [0.2, 0.25) is 0 Å². The van der Waals surface area contributed by atoms with Gasteiger partial charge in [0.05, 0.1) is 13.2 Å². The van der Waals surface area contributed by atoms with Crippen molar-refractivity contribution in [1.29, 1.82) is 0 Å². The van der Waals surface area contributed by atoms with Crippen molar-refractivity contribution in [3.8, 4) is 0 Å². The Morgan fingerprint density at radius 2 is 1.32 bits per heavy atom. The second-order valence-electron chi connectivity index (χ2n) is 4.91. The highest BCUT2D eigenvalue weighted by Crippen LogP contribution is 2.27. The molecule has 0 spiro atoms. The van der Waals surface area contributed by atoms with E-state index in [-0.39, 0.29) is 0 Å². The van der Waals surface area contributed by atoms with Gasteiger partial charge in [-0.05, 0) is 32.6 Å². The van der Waals surface area contributed by atoms with Crippen molar-refractivity contribution in [2.45, 2.75) is 38.4 Å². The molecule has 4 nitrogen and oxygen atoms in total. The summed E-state index contributed by atoms with van der Waals surface area (Å²) in [5, 5.41) is 0. The number of hydrogen-bond donors (Lipinski definition) is 0. The van der Waals surface area contributed by atoms with E-state index in [9.17, 15) is 0 Å². The molecule has 0 N–H and O–H groups in total. The molecule has 0 aliphatic heterocycles. The molecule has 22 heavy (non-hydrogen) atoms. The molecule has 126 valence electrons. The van der Waals surface area contributed by atoms with Crippen LogP contribution in [0, 0.1) is 0 Å². The molecule has 1 rings (SSSR count). The minimum Gasteiger partial charge on any atom is -0.233 e. The molecule has 1 aromatic carbocycles. The van der Waals surface area contributed by atoms with E-state index in [1.165, 1.54) is 0 Å². The minimum absolute atomic E-state index is 0.449. The third kappa shape index (κ3) is 7.77. The van der Waals surface area contributed by atoms with Gasteiger partial charge >= 0.3 is 0 Å². The van der Waals surface area contributed by atoms with Gasteiger partial charge in [-0.2, -0.15) is 9.78 Å². The summed E-state index contributed by atoms with van der Waals surface area (Å²) in [5.41, 5.74) is 0.810. The highest BCUT2D eigenvalue weighted by Gasteiger charge is 2.32. The van der Waals surface area contributed by atoms with Crippen molar-refractivity contribution >= 4 is 23.2 Å². The van der Waals surface area contributed by atoms with E-state index in [2.05, 4.69) is 0 Å². The fraction of sp³-hybridized carbons (Fsp3) is 0.625. The quantitative estimate of drug-likeness (QED) is 0.168. The van der Waals surface area contributed by atoms with E-state index in [0.717, 1.165) is 31.2 Å². The Morgan fingerprint density at radius 1 is 0.818 bits per heavy atom. The molecule has 0 amide bonds. The predicted molar refractivity (Wildman–Crippen MR) is 87.8 cm³/mol. The van der Waals surface area contributed by atoms with E-state index in [4.69, 9.17) is 42.8 Å². The molecule has 0 atom stereocenters. The van der Waals surface area contributed by atoms with E-state index < -0.39 is 5.79 Å². The van der Waals surface area contributed by atoms with Crippen LogP contribution in [-0.4, -0.2) is 25.0 Å². The van der Waals surface area contributed by atoms with Crippen LogP contribution in [-0.2, 0) is 25.3 Å². The third-order valence-electron chi connectivity index (χ3n) is 2.96. The van der Waals surface area contributed by atoms with Crippen molar-refractivity contribution in [3.63, 3.8) is 0 Å². The Morgan fingerprint density at radius 3 is 1.77 bits per heavy atom. The third-order valence-corrected chi connectivity index (χ3v) is 3.49. The van der Waals surface area contributed by atoms with Gasteiger partial charge in [0.1, 0.15) is 0 Å². The SMILES string of the molecule is CC(OOCCCCCl)(OOCCCCCl)c1ccccc1. The number of benzene rings is 1. The molecule has 0 radical (unpaired) electrons. The first-order chi connectivity index (χ1) is 10.7. The van der Waals surface area contributed by atoms with E-state index in [0.29, 0.717) is 25.0 Å². The van der Waals surface area contributed by atoms with Gasteiger partial charge in [0.15, 0.2) is 0 Å². The van der Waals surface area contributed by atoms with Gasteiger partial charge in [-0.3, -0.25) is 0 Å². The highest BCUT2D eigenvalue weighted by molar-refractivity contribution is 6.18. The topological polar surface area (TPSA) is 36.9 Å². The molecule has 0 aliphatic rings. The van der Waals surface area contributed by atoms with E-state index >= 15 is 0 Å². The maximum absolute atomic E-state index is 5.63. The lowest BCUT2D eigenvalue weighted by Gasteiger charge is -2.27. The first-order valence-corrected chi connectivity index (χ1v) is 8.58. The van der Waals surface area contributed by atoms with Crippen LogP contribution in [0.4, 0.5) is 0 Å². The molecule has 0 aliphatic carbocycles. The summed E-state index contributed by atoms with van der Waals surface area (Å²) in [6, 6.07) is 9.52. The lowest BCUT2D eigenvalue weighted by atomic mass is 10.1. The predicted octanol–water partition coefficient (Wildman–Crippen LogP) is 4.79. The molecular formula is C16H24Cl2O4. The van der Waals surface area contributed by atoms with Crippen LogP contribution in [0.5, 0.6) is 0 Å². The summed E-state index contributed by atoms with van der Waals surface area (Å²) in [4.78, 5) is 21.4. The van der Waals surface area contributed by atoms with Crippen LogP contribution < -0.4 is 0 Å². The zero-order valence-corrected chi connectivity index (χ0v) is 14.4. The second kappa shape index (κ2) is 12.1. The van der Waals surface area contributed by atoms with E-state index in [1.54, 1.807) is 6.92 Å². The zero-order chi connectivity index (χ0) is 16.1. The fourth-order valence-corrected chi connectivity index (χ4v) is 2.05. The lowest BCUT2D eigenvalue weighted by Crippen LogP contribution is -2.30. The molecule has 0 aromatic heterocycles. The summed E-state index contributed by atoms with van der Waals surface area (Å²) in [5.74, 6) is 0.0994. The zero-order valence-electron chi connectivity index (χ0n) is 12.9. The molecule has 1 aromatic rings. The molecule has 6 heteroatoms. The van der Waals surface area contributed by atoms with E-state index in [1.807, 2.05) is 30.3 Å². The second-order valence-corrected chi connectivity index (χ2v) is 5.67. The largest absolute Gasteiger partial charge is 0.256 e. The average Bonchev–Trinajstić information content (AvgIpc) is 2.55. The van der Waals surface area contributed by atoms with Gasteiger partial charge in [0.25, 0.3) is 5.79 Å². The molecule has 0 unspecified atom stereocenters. The van der Waals surface area contributed by atoms with Crippen LogP contribution >= 0.6 is 23.2 Å². The summed E-state index contributed by atoms with van der Waals surface area (Å²) >= 11 is 11.3. The summed E-state index contributed by atoms with van der Waals surface area (Å²) in [6.45, 7) is 2.65. The first kappa shape index (κ1) is 19.7.